The first-order valence-corrected chi connectivity index (χ1v) is 6.64. The van der Waals surface area contributed by atoms with Gasteiger partial charge >= 0.3 is 0 Å². The Bertz CT molecular complexity index is 428. The number of phenolic OH excluding ortho intramolecular Hbond substituents is 1. The number of likely N-dealkylation sites (N-methyl/N-ethyl adjacent to an activating group) is 1. The summed E-state index contributed by atoms with van der Waals surface area (Å²) in [6, 6.07) is 6.60. The predicted molar refractivity (Wildman–Crippen MR) is 74.4 cm³/mol. The molecule has 0 atom stereocenters. The summed E-state index contributed by atoms with van der Waals surface area (Å²) in [6.45, 7) is 5.71. The van der Waals surface area contributed by atoms with Gasteiger partial charge in [-0.1, -0.05) is 12.1 Å². The lowest BCUT2D eigenvalue weighted by Gasteiger charge is -2.32. The van der Waals surface area contributed by atoms with Gasteiger partial charge in [0.25, 0.3) is 5.91 Å². The van der Waals surface area contributed by atoms with Crippen molar-refractivity contribution in [2.75, 3.05) is 46.3 Å². The van der Waals surface area contributed by atoms with Crippen molar-refractivity contribution in [2.45, 2.75) is 0 Å². The van der Waals surface area contributed by atoms with Crippen LogP contribution in [0.25, 0.3) is 0 Å². The summed E-state index contributed by atoms with van der Waals surface area (Å²) in [6.07, 6.45) is 0. The maximum absolute atomic E-state index is 11.9. The largest absolute Gasteiger partial charge is 0.507 e. The molecule has 1 aliphatic rings. The van der Waals surface area contributed by atoms with Gasteiger partial charge in [-0.15, -0.1) is 0 Å². The number of carbonyl (C=O) groups is 1. The highest BCUT2D eigenvalue weighted by molar-refractivity contribution is 5.96. The van der Waals surface area contributed by atoms with Crippen LogP contribution in [-0.4, -0.2) is 67.1 Å². The Morgan fingerprint density at radius 1 is 1.26 bits per heavy atom. The van der Waals surface area contributed by atoms with Gasteiger partial charge in [-0.25, -0.2) is 0 Å². The van der Waals surface area contributed by atoms with E-state index in [1.54, 1.807) is 18.2 Å². The van der Waals surface area contributed by atoms with Crippen LogP contribution in [0, 0.1) is 0 Å². The zero-order chi connectivity index (χ0) is 13.7. The van der Waals surface area contributed by atoms with Gasteiger partial charge < -0.3 is 15.3 Å². The number of rotatable bonds is 4. The molecule has 1 fully saturated rings. The van der Waals surface area contributed by atoms with E-state index in [9.17, 15) is 9.90 Å². The molecule has 0 unspecified atom stereocenters. The van der Waals surface area contributed by atoms with Gasteiger partial charge in [0, 0.05) is 39.3 Å². The fourth-order valence-electron chi connectivity index (χ4n) is 2.16. The minimum Gasteiger partial charge on any atom is -0.507 e. The lowest BCUT2D eigenvalue weighted by atomic mass is 10.2. The molecule has 5 nitrogen and oxygen atoms in total. The van der Waals surface area contributed by atoms with Crippen LogP contribution in [0.15, 0.2) is 24.3 Å². The molecule has 104 valence electrons. The maximum Gasteiger partial charge on any atom is 0.255 e. The Morgan fingerprint density at radius 3 is 2.63 bits per heavy atom. The zero-order valence-corrected chi connectivity index (χ0v) is 11.3. The Morgan fingerprint density at radius 2 is 1.95 bits per heavy atom. The van der Waals surface area contributed by atoms with Crippen LogP contribution in [-0.2, 0) is 0 Å². The zero-order valence-electron chi connectivity index (χ0n) is 11.3. The molecule has 1 aromatic rings. The van der Waals surface area contributed by atoms with Crippen molar-refractivity contribution < 1.29 is 9.90 Å². The molecule has 0 aromatic heterocycles. The molecule has 1 aliphatic heterocycles. The Hall–Kier alpha value is -1.59. The summed E-state index contributed by atoms with van der Waals surface area (Å²) in [4.78, 5) is 16.5. The van der Waals surface area contributed by atoms with Crippen LogP contribution in [0.4, 0.5) is 0 Å². The predicted octanol–water partition coefficient (Wildman–Crippen LogP) is 0.369. The molecule has 0 aliphatic carbocycles. The lowest BCUT2D eigenvalue weighted by molar-refractivity contribution is 0.0938. The van der Waals surface area contributed by atoms with Crippen LogP contribution >= 0.6 is 0 Å². The van der Waals surface area contributed by atoms with E-state index >= 15 is 0 Å². The van der Waals surface area contributed by atoms with Crippen LogP contribution in [0.2, 0.25) is 0 Å². The quantitative estimate of drug-likeness (QED) is 0.824. The smallest absolute Gasteiger partial charge is 0.255 e. The number of para-hydroxylation sites is 1. The number of aromatic hydroxyl groups is 1. The summed E-state index contributed by atoms with van der Waals surface area (Å²) >= 11 is 0. The van der Waals surface area contributed by atoms with E-state index in [0.717, 1.165) is 32.7 Å². The summed E-state index contributed by atoms with van der Waals surface area (Å²) in [5.74, 6) is -0.188. The molecule has 0 bridgehead atoms. The average Bonchev–Trinajstić information content (AvgIpc) is 2.41. The molecule has 0 spiro atoms. The number of amides is 1. The van der Waals surface area contributed by atoms with Crippen LogP contribution < -0.4 is 5.32 Å². The third kappa shape index (κ3) is 3.94. The van der Waals surface area contributed by atoms with E-state index < -0.39 is 0 Å². The van der Waals surface area contributed by atoms with E-state index in [4.69, 9.17) is 0 Å². The van der Waals surface area contributed by atoms with Gasteiger partial charge in [0.15, 0.2) is 0 Å². The number of phenols is 1. The molecule has 1 saturated heterocycles. The topological polar surface area (TPSA) is 55.8 Å². The monoisotopic (exact) mass is 263 g/mol. The van der Waals surface area contributed by atoms with Gasteiger partial charge in [-0.3, -0.25) is 9.69 Å². The second-order valence-corrected chi connectivity index (χ2v) is 4.92. The molecule has 0 radical (unpaired) electrons. The average molecular weight is 263 g/mol. The molecular weight excluding hydrogens is 242 g/mol. The molecule has 1 heterocycles. The highest BCUT2D eigenvalue weighted by atomic mass is 16.3. The first-order chi connectivity index (χ1) is 9.16. The summed E-state index contributed by atoms with van der Waals surface area (Å²) in [7, 11) is 2.12. The second-order valence-electron chi connectivity index (χ2n) is 4.92. The first-order valence-electron chi connectivity index (χ1n) is 6.64. The lowest BCUT2D eigenvalue weighted by Crippen LogP contribution is -2.46. The van der Waals surface area contributed by atoms with E-state index in [-0.39, 0.29) is 11.7 Å². The molecule has 0 saturated carbocycles. The molecule has 2 rings (SSSR count). The van der Waals surface area contributed by atoms with Crippen molar-refractivity contribution in [2.24, 2.45) is 0 Å². The van der Waals surface area contributed by atoms with Gasteiger partial charge in [0.05, 0.1) is 5.56 Å². The number of nitrogens with zero attached hydrogens (tertiary/aromatic N) is 2. The van der Waals surface area contributed by atoms with Crippen molar-refractivity contribution in [3.63, 3.8) is 0 Å². The van der Waals surface area contributed by atoms with Crippen molar-refractivity contribution in [3.8, 4) is 5.75 Å². The third-order valence-corrected chi connectivity index (χ3v) is 3.46. The van der Waals surface area contributed by atoms with Gasteiger partial charge in [0.1, 0.15) is 5.75 Å². The highest BCUT2D eigenvalue weighted by Crippen LogP contribution is 2.14. The summed E-state index contributed by atoms with van der Waals surface area (Å²) in [5.41, 5.74) is 0.334. The number of hydrogen-bond acceptors (Lipinski definition) is 4. The minimum absolute atomic E-state index is 0.0274. The van der Waals surface area contributed by atoms with Gasteiger partial charge in [-0.05, 0) is 19.2 Å². The number of hydrogen-bond donors (Lipinski definition) is 2. The van der Waals surface area contributed by atoms with E-state index in [0.29, 0.717) is 12.1 Å². The molecule has 19 heavy (non-hydrogen) atoms. The number of benzene rings is 1. The first kappa shape index (κ1) is 13.8. The van der Waals surface area contributed by atoms with Crippen molar-refractivity contribution >= 4 is 5.91 Å². The van der Waals surface area contributed by atoms with Crippen molar-refractivity contribution in [1.29, 1.82) is 0 Å². The number of nitrogens with one attached hydrogen (secondary N) is 1. The fraction of sp³-hybridized carbons (Fsp3) is 0.500. The molecule has 2 N–H and O–H groups in total. The van der Waals surface area contributed by atoms with Crippen molar-refractivity contribution in [3.05, 3.63) is 29.8 Å². The Labute approximate surface area is 113 Å². The Balaban J connectivity index is 1.74. The third-order valence-electron chi connectivity index (χ3n) is 3.46. The second kappa shape index (κ2) is 6.54. The maximum atomic E-state index is 11.9. The standard InChI is InChI=1S/C14H21N3O2/c1-16-8-10-17(11-9-16)7-6-15-14(19)12-4-2-3-5-13(12)18/h2-5,18H,6-11H2,1H3,(H,15,19). The molecular formula is C14H21N3O2. The van der Waals surface area contributed by atoms with E-state index in [1.165, 1.54) is 6.07 Å². The van der Waals surface area contributed by atoms with Crippen LogP contribution in [0.1, 0.15) is 10.4 Å². The summed E-state index contributed by atoms with van der Waals surface area (Å²) in [5, 5.41) is 12.4. The van der Waals surface area contributed by atoms with Crippen molar-refractivity contribution in [1.82, 2.24) is 15.1 Å². The summed E-state index contributed by atoms with van der Waals surface area (Å²) < 4.78 is 0. The normalized spacial score (nSPS) is 17.3. The molecule has 5 heteroatoms. The SMILES string of the molecule is CN1CCN(CCNC(=O)c2ccccc2O)CC1. The highest BCUT2D eigenvalue weighted by Gasteiger charge is 2.14. The van der Waals surface area contributed by atoms with E-state index in [1.807, 2.05) is 0 Å². The number of piperazine rings is 1. The minimum atomic E-state index is -0.216. The molecule has 1 aromatic carbocycles. The van der Waals surface area contributed by atoms with Crippen LogP contribution in [0.3, 0.4) is 0 Å². The van der Waals surface area contributed by atoms with Crippen LogP contribution in [0.5, 0.6) is 5.75 Å². The number of carbonyl (C=O) groups excluding carboxylic acids is 1. The molecule has 1 amide bonds. The van der Waals surface area contributed by atoms with E-state index in [2.05, 4.69) is 22.2 Å². The Kier molecular flexibility index (Phi) is 4.76. The fourth-order valence-corrected chi connectivity index (χ4v) is 2.16. The van der Waals surface area contributed by atoms with Gasteiger partial charge in [-0.2, -0.15) is 0 Å². The van der Waals surface area contributed by atoms with Gasteiger partial charge in [0.2, 0.25) is 0 Å².